The number of nitrogens with one attached hydrogen (secondary N) is 1. The smallest absolute Gasteiger partial charge is 0.0474 e. The Bertz CT molecular complexity index is 406. The van der Waals surface area contributed by atoms with Crippen molar-refractivity contribution in [2.75, 3.05) is 26.7 Å². The molecule has 3 nitrogen and oxygen atoms in total. The normalized spacial score (nSPS) is 26.2. The second-order valence-electron chi connectivity index (χ2n) is 6.81. The summed E-state index contributed by atoms with van der Waals surface area (Å²) in [5.74, 6) is 0. The Morgan fingerprint density at radius 2 is 1.67 bits per heavy atom. The summed E-state index contributed by atoms with van der Waals surface area (Å²) >= 11 is 0. The maximum Gasteiger partial charge on any atom is 0.0474 e. The minimum absolute atomic E-state index is 0.465. The molecule has 3 atom stereocenters. The fourth-order valence-corrected chi connectivity index (χ4v) is 3.18. The van der Waals surface area contributed by atoms with Gasteiger partial charge in [0.1, 0.15) is 0 Å². The van der Waals surface area contributed by atoms with Gasteiger partial charge in [-0.2, -0.15) is 0 Å². The number of nitrogens with zero attached hydrogens (tertiary/aromatic N) is 2. The van der Waals surface area contributed by atoms with Crippen LogP contribution in [-0.4, -0.2) is 54.6 Å². The van der Waals surface area contributed by atoms with E-state index >= 15 is 0 Å². The lowest BCUT2D eigenvalue weighted by Gasteiger charge is -2.46. The molecule has 1 N–H and O–H groups in total. The molecule has 0 radical (unpaired) electrons. The van der Waals surface area contributed by atoms with Crippen LogP contribution in [0.25, 0.3) is 0 Å². The molecule has 0 saturated carbocycles. The summed E-state index contributed by atoms with van der Waals surface area (Å²) in [7, 11) is 2.25. The Balaban J connectivity index is 2.15. The van der Waals surface area contributed by atoms with E-state index in [0.29, 0.717) is 24.2 Å². The van der Waals surface area contributed by atoms with Crippen molar-refractivity contribution in [1.82, 2.24) is 15.1 Å². The standard InChI is InChI=1S/C18H31N3/c1-14(2)19-11-18(17-9-7-6-8-10-17)21-12-15(3)20(5)16(4)13-21/h6-10,14-16,18-19H,11-13H2,1-5H3. The highest BCUT2D eigenvalue weighted by Crippen LogP contribution is 2.25. The number of rotatable bonds is 5. The van der Waals surface area contributed by atoms with Crippen molar-refractivity contribution in [1.29, 1.82) is 0 Å². The van der Waals surface area contributed by atoms with Crippen LogP contribution in [0.5, 0.6) is 0 Å². The topological polar surface area (TPSA) is 18.5 Å². The molecule has 1 aliphatic heterocycles. The van der Waals surface area contributed by atoms with E-state index in [-0.39, 0.29) is 0 Å². The molecule has 0 amide bonds. The summed E-state index contributed by atoms with van der Waals surface area (Å²) in [5, 5.41) is 3.63. The summed E-state index contributed by atoms with van der Waals surface area (Å²) < 4.78 is 0. The Morgan fingerprint density at radius 3 is 2.19 bits per heavy atom. The number of hydrogen-bond donors (Lipinski definition) is 1. The molecule has 1 aliphatic rings. The Kier molecular flexibility index (Phi) is 5.80. The van der Waals surface area contributed by atoms with Crippen molar-refractivity contribution >= 4 is 0 Å². The summed E-state index contributed by atoms with van der Waals surface area (Å²) in [6, 6.07) is 13.1. The van der Waals surface area contributed by atoms with Crippen LogP contribution in [0.4, 0.5) is 0 Å². The average molecular weight is 289 g/mol. The molecule has 0 aromatic heterocycles. The van der Waals surface area contributed by atoms with Crippen LogP contribution in [0.1, 0.15) is 39.3 Å². The van der Waals surface area contributed by atoms with E-state index in [9.17, 15) is 0 Å². The lowest BCUT2D eigenvalue weighted by atomic mass is 10.0. The van der Waals surface area contributed by atoms with Gasteiger partial charge in [0.15, 0.2) is 0 Å². The molecule has 1 heterocycles. The SMILES string of the molecule is CC(C)NCC(c1ccccc1)N1CC(C)N(C)C(C)C1. The Hall–Kier alpha value is -0.900. The molecule has 1 fully saturated rings. The number of likely N-dealkylation sites (N-methyl/N-ethyl adjacent to an activating group) is 1. The fraction of sp³-hybridized carbons (Fsp3) is 0.667. The predicted molar refractivity (Wildman–Crippen MR) is 90.6 cm³/mol. The van der Waals surface area contributed by atoms with Crippen LogP contribution in [0.15, 0.2) is 30.3 Å². The minimum atomic E-state index is 0.465. The van der Waals surface area contributed by atoms with Gasteiger partial charge in [-0.25, -0.2) is 0 Å². The molecular formula is C18H31N3. The average Bonchev–Trinajstić information content (AvgIpc) is 2.45. The summed E-state index contributed by atoms with van der Waals surface area (Å²) in [6.07, 6.45) is 0. The van der Waals surface area contributed by atoms with Gasteiger partial charge in [-0.15, -0.1) is 0 Å². The quantitative estimate of drug-likeness (QED) is 0.899. The molecule has 118 valence electrons. The van der Waals surface area contributed by atoms with Crippen molar-refractivity contribution in [3.8, 4) is 0 Å². The van der Waals surface area contributed by atoms with Crippen molar-refractivity contribution in [3.63, 3.8) is 0 Å². The van der Waals surface area contributed by atoms with Crippen LogP contribution < -0.4 is 5.32 Å². The number of piperazine rings is 1. The van der Waals surface area contributed by atoms with Gasteiger partial charge in [0.25, 0.3) is 0 Å². The van der Waals surface area contributed by atoms with Crippen molar-refractivity contribution < 1.29 is 0 Å². The Morgan fingerprint density at radius 1 is 1.10 bits per heavy atom. The van der Waals surface area contributed by atoms with Crippen molar-refractivity contribution in [3.05, 3.63) is 35.9 Å². The third kappa shape index (κ3) is 4.29. The first kappa shape index (κ1) is 16.5. The van der Waals surface area contributed by atoms with Gasteiger partial charge < -0.3 is 5.32 Å². The molecule has 1 aromatic carbocycles. The van der Waals surface area contributed by atoms with Gasteiger partial charge >= 0.3 is 0 Å². The van der Waals surface area contributed by atoms with Gasteiger partial charge in [-0.05, 0) is 26.5 Å². The second-order valence-corrected chi connectivity index (χ2v) is 6.81. The van der Waals surface area contributed by atoms with Crippen molar-refractivity contribution in [2.45, 2.75) is 51.9 Å². The lowest BCUT2D eigenvalue weighted by molar-refractivity contribution is 0.0325. The summed E-state index contributed by atoms with van der Waals surface area (Å²) in [5.41, 5.74) is 1.43. The van der Waals surface area contributed by atoms with E-state index in [1.807, 2.05) is 0 Å². The van der Waals surface area contributed by atoms with Crippen LogP contribution in [0.3, 0.4) is 0 Å². The molecular weight excluding hydrogens is 258 g/mol. The zero-order valence-electron chi connectivity index (χ0n) is 14.2. The maximum absolute atomic E-state index is 3.63. The van der Waals surface area contributed by atoms with Gasteiger partial charge in [0, 0.05) is 43.8 Å². The van der Waals surface area contributed by atoms with E-state index in [2.05, 4.69) is 80.2 Å². The molecule has 0 aliphatic carbocycles. The highest BCUT2D eigenvalue weighted by Gasteiger charge is 2.31. The van der Waals surface area contributed by atoms with Crippen LogP contribution in [-0.2, 0) is 0 Å². The molecule has 3 unspecified atom stereocenters. The van der Waals surface area contributed by atoms with E-state index in [0.717, 1.165) is 19.6 Å². The highest BCUT2D eigenvalue weighted by atomic mass is 15.3. The van der Waals surface area contributed by atoms with Gasteiger partial charge in [0.05, 0.1) is 0 Å². The highest BCUT2D eigenvalue weighted by molar-refractivity contribution is 5.20. The third-order valence-corrected chi connectivity index (χ3v) is 4.73. The fourth-order valence-electron chi connectivity index (χ4n) is 3.18. The molecule has 21 heavy (non-hydrogen) atoms. The van der Waals surface area contributed by atoms with Gasteiger partial charge in [-0.3, -0.25) is 9.80 Å². The molecule has 1 saturated heterocycles. The molecule has 0 bridgehead atoms. The third-order valence-electron chi connectivity index (χ3n) is 4.73. The predicted octanol–water partition coefficient (Wildman–Crippen LogP) is 2.75. The van der Waals surface area contributed by atoms with E-state index in [4.69, 9.17) is 0 Å². The Labute approximate surface area is 130 Å². The van der Waals surface area contributed by atoms with E-state index in [1.165, 1.54) is 5.56 Å². The monoisotopic (exact) mass is 289 g/mol. The minimum Gasteiger partial charge on any atom is -0.313 e. The van der Waals surface area contributed by atoms with E-state index < -0.39 is 0 Å². The van der Waals surface area contributed by atoms with Gasteiger partial charge in [-0.1, -0.05) is 44.2 Å². The molecule has 3 heteroatoms. The van der Waals surface area contributed by atoms with Crippen LogP contribution in [0.2, 0.25) is 0 Å². The summed E-state index contributed by atoms with van der Waals surface area (Å²) in [4.78, 5) is 5.15. The summed E-state index contributed by atoms with van der Waals surface area (Å²) in [6.45, 7) is 12.4. The molecule has 0 spiro atoms. The van der Waals surface area contributed by atoms with E-state index in [1.54, 1.807) is 0 Å². The first-order valence-electron chi connectivity index (χ1n) is 8.23. The molecule has 1 aromatic rings. The zero-order valence-corrected chi connectivity index (χ0v) is 14.2. The largest absolute Gasteiger partial charge is 0.313 e. The van der Waals surface area contributed by atoms with Crippen molar-refractivity contribution in [2.24, 2.45) is 0 Å². The molecule has 2 rings (SSSR count). The second kappa shape index (κ2) is 7.39. The van der Waals surface area contributed by atoms with Crippen LogP contribution >= 0.6 is 0 Å². The number of hydrogen-bond acceptors (Lipinski definition) is 3. The number of benzene rings is 1. The van der Waals surface area contributed by atoms with Crippen LogP contribution in [0, 0.1) is 0 Å². The van der Waals surface area contributed by atoms with Gasteiger partial charge in [0.2, 0.25) is 0 Å². The lowest BCUT2D eigenvalue weighted by Crippen LogP contribution is -2.56. The maximum atomic E-state index is 3.63. The zero-order chi connectivity index (χ0) is 15.4. The first-order valence-corrected chi connectivity index (χ1v) is 8.23. The first-order chi connectivity index (χ1) is 9.99.